The van der Waals surface area contributed by atoms with Gasteiger partial charge in [-0.25, -0.2) is 4.39 Å². The van der Waals surface area contributed by atoms with Crippen molar-refractivity contribution in [1.29, 1.82) is 0 Å². The predicted molar refractivity (Wildman–Crippen MR) is 132 cm³/mol. The Morgan fingerprint density at radius 3 is 2.52 bits per heavy atom. The van der Waals surface area contributed by atoms with E-state index in [1.165, 1.54) is 0 Å². The number of ether oxygens (including phenoxy) is 1. The molecule has 1 fully saturated rings. The van der Waals surface area contributed by atoms with E-state index in [0.29, 0.717) is 57.0 Å². The second-order valence-corrected chi connectivity index (χ2v) is 7.40. The van der Waals surface area contributed by atoms with Gasteiger partial charge in [0.15, 0.2) is 11.7 Å². The van der Waals surface area contributed by atoms with Crippen molar-refractivity contribution in [2.24, 2.45) is 4.99 Å². The molecule has 31 heavy (non-hydrogen) atoms. The van der Waals surface area contributed by atoms with Crippen molar-refractivity contribution in [1.82, 2.24) is 15.8 Å². The molecule has 3 rings (SSSR count). The first kappa shape index (κ1) is 25.4. The van der Waals surface area contributed by atoms with Crippen LogP contribution in [-0.4, -0.2) is 44.5 Å². The fourth-order valence-electron chi connectivity index (χ4n) is 3.61. The molecule has 0 saturated carbocycles. The van der Waals surface area contributed by atoms with Crippen molar-refractivity contribution >= 4 is 35.6 Å². The number of nitrogens with zero attached hydrogens (tertiary/aromatic N) is 3. The number of nitrogens with one attached hydrogen (secondary N) is 2. The Balaban J connectivity index is 0.00000341. The average Bonchev–Trinajstić information content (AvgIpc) is 3.24. The summed E-state index contributed by atoms with van der Waals surface area (Å²) in [4.78, 5) is 6.24. The molecule has 1 saturated heterocycles. The lowest BCUT2D eigenvalue weighted by Gasteiger charge is -2.29. The number of hydrogen-bond donors (Lipinski definition) is 2. The van der Waals surface area contributed by atoms with Crippen molar-refractivity contribution in [3.8, 4) is 0 Å². The molecule has 2 heterocycles. The molecule has 0 radical (unpaired) electrons. The topological polar surface area (TPSA) is 74.9 Å². The molecule has 0 spiro atoms. The fraction of sp³-hybridized carbons (Fsp3) is 0.545. The Hall–Kier alpha value is -1.88. The van der Waals surface area contributed by atoms with Crippen LogP contribution in [0, 0.1) is 5.82 Å². The van der Waals surface area contributed by atoms with Crippen molar-refractivity contribution < 1.29 is 13.7 Å². The van der Waals surface area contributed by atoms with Crippen LogP contribution < -0.4 is 15.5 Å². The smallest absolute Gasteiger partial charge is 0.191 e. The summed E-state index contributed by atoms with van der Waals surface area (Å²) < 4.78 is 25.3. The van der Waals surface area contributed by atoms with E-state index in [1.54, 1.807) is 13.1 Å². The zero-order valence-corrected chi connectivity index (χ0v) is 20.8. The molecule has 0 amide bonds. The van der Waals surface area contributed by atoms with E-state index in [0.717, 1.165) is 29.9 Å². The summed E-state index contributed by atoms with van der Waals surface area (Å²) in [5, 5.41) is 10.6. The van der Waals surface area contributed by atoms with E-state index in [2.05, 4.69) is 34.6 Å². The average molecular weight is 545 g/mol. The Morgan fingerprint density at radius 1 is 1.16 bits per heavy atom. The van der Waals surface area contributed by atoms with Gasteiger partial charge in [-0.05, 0) is 30.5 Å². The molecule has 1 aromatic heterocycles. The molecule has 1 aliphatic rings. The number of benzene rings is 1. The van der Waals surface area contributed by atoms with Crippen LogP contribution >= 0.6 is 24.0 Å². The minimum absolute atomic E-state index is 0. The Morgan fingerprint density at radius 2 is 1.87 bits per heavy atom. The molecule has 0 bridgehead atoms. The van der Waals surface area contributed by atoms with Gasteiger partial charge < -0.3 is 24.8 Å². The van der Waals surface area contributed by atoms with Gasteiger partial charge in [0.25, 0.3) is 0 Å². The molecule has 1 aromatic carbocycles. The lowest BCUT2D eigenvalue weighted by atomic mass is 9.99. The van der Waals surface area contributed by atoms with Gasteiger partial charge in [-0.1, -0.05) is 25.1 Å². The van der Waals surface area contributed by atoms with E-state index in [9.17, 15) is 4.39 Å². The van der Waals surface area contributed by atoms with Gasteiger partial charge in [0, 0.05) is 38.7 Å². The molecule has 2 aromatic rings. The molecule has 7 nitrogen and oxygen atoms in total. The predicted octanol–water partition coefficient (Wildman–Crippen LogP) is 4.04. The number of aliphatic imine (C=N–C) groups is 1. The molecule has 0 atom stereocenters. The van der Waals surface area contributed by atoms with Crippen LogP contribution in [0.4, 0.5) is 10.1 Å². The maximum Gasteiger partial charge on any atom is 0.191 e. The number of guanidine groups is 1. The molecule has 9 heteroatoms. The maximum absolute atomic E-state index is 14.6. The largest absolute Gasteiger partial charge is 0.378 e. The van der Waals surface area contributed by atoms with E-state index in [4.69, 9.17) is 9.26 Å². The second kappa shape index (κ2) is 12.8. The van der Waals surface area contributed by atoms with Crippen molar-refractivity contribution in [3.63, 3.8) is 0 Å². The molecule has 172 valence electrons. The Bertz CT molecular complexity index is 835. The highest BCUT2D eigenvalue weighted by Crippen LogP contribution is 2.23. The third kappa shape index (κ3) is 7.06. The highest BCUT2D eigenvalue weighted by molar-refractivity contribution is 14.0. The first-order chi connectivity index (χ1) is 14.6. The van der Waals surface area contributed by atoms with Crippen LogP contribution in [0.3, 0.4) is 0 Å². The van der Waals surface area contributed by atoms with Gasteiger partial charge in [-0.2, -0.15) is 0 Å². The summed E-state index contributed by atoms with van der Waals surface area (Å²) in [6.07, 6.45) is 2.08. The van der Waals surface area contributed by atoms with Crippen molar-refractivity contribution in [2.45, 2.75) is 45.7 Å². The summed E-state index contributed by atoms with van der Waals surface area (Å²) >= 11 is 0. The summed E-state index contributed by atoms with van der Waals surface area (Å²) in [5.41, 5.74) is 2.47. The molecular weight excluding hydrogens is 512 g/mol. The number of anilines is 1. The van der Waals surface area contributed by atoms with Crippen LogP contribution in [0.5, 0.6) is 0 Å². The summed E-state index contributed by atoms with van der Waals surface area (Å²) in [7, 11) is 1.70. The highest BCUT2D eigenvalue weighted by atomic mass is 127. The van der Waals surface area contributed by atoms with Gasteiger partial charge >= 0.3 is 0 Å². The van der Waals surface area contributed by atoms with Crippen LogP contribution in [0.25, 0.3) is 0 Å². The van der Waals surface area contributed by atoms with Crippen LogP contribution in [0.2, 0.25) is 0 Å². The molecule has 2 N–H and O–H groups in total. The van der Waals surface area contributed by atoms with Gasteiger partial charge in [0.2, 0.25) is 0 Å². The van der Waals surface area contributed by atoms with Gasteiger partial charge in [0.05, 0.1) is 31.1 Å². The zero-order chi connectivity index (χ0) is 21.3. The molecular formula is C22H33FIN5O2. The van der Waals surface area contributed by atoms with Crippen LogP contribution in [0.15, 0.2) is 33.8 Å². The number of rotatable bonds is 8. The molecule has 0 aliphatic carbocycles. The second-order valence-electron chi connectivity index (χ2n) is 7.40. The normalized spacial score (nSPS) is 14.5. The lowest BCUT2D eigenvalue weighted by molar-refractivity contribution is 0.122. The standard InChI is InChI=1S/C22H32FN5O2.HI/c1-4-17(5-2)20-13-18(30-27-20)15-26-22(24-3)25-14-16-6-7-21(19(23)12-16)28-8-10-29-11-9-28;/h6-7,12-13,17H,4-5,8-11,14-15H2,1-3H3,(H2,24,25,26);1H. The minimum Gasteiger partial charge on any atom is -0.378 e. The first-order valence-corrected chi connectivity index (χ1v) is 10.7. The van der Waals surface area contributed by atoms with Gasteiger partial charge in [0.1, 0.15) is 5.82 Å². The number of aromatic nitrogens is 1. The highest BCUT2D eigenvalue weighted by Gasteiger charge is 2.16. The minimum atomic E-state index is -0.213. The third-order valence-corrected chi connectivity index (χ3v) is 5.46. The number of hydrogen-bond acceptors (Lipinski definition) is 5. The van der Waals surface area contributed by atoms with Crippen molar-refractivity contribution in [2.75, 3.05) is 38.3 Å². The quantitative estimate of drug-likeness (QED) is 0.297. The van der Waals surface area contributed by atoms with E-state index in [1.807, 2.05) is 23.1 Å². The maximum atomic E-state index is 14.6. The summed E-state index contributed by atoms with van der Waals surface area (Å²) in [6, 6.07) is 7.34. The first-order valence-electron chi connectivity index (χ1n) is 10.7. The summed E-state index contributed by atoms with van der Waals surface area (Å²) in [6.45, 7) is 7.96. The zero-order valence-electron chi connectivity index (χ0n) is 18.5. The number of halogens is 2. The molecule has 1 aliphatic heterocycles. The summed E-state index contributed by atoms with van der Waals surface area (Å²) in [5.74, 6) is 1.60. The van der Waals surface area contributed by atoms with Crippen molar-refractivity contribution in [3.05, 3.63) is 47.1 Å². The van der Waals surface area contributed by atoms with E-state index in [-0.39, 0.29) is 29.8 Å². The van der Waals surface area contributed by atoms with Crippen LogP contribution in [-0.2, 0) is 17.8 Å². The van der Waals surface area contributed by atoms with E-state index >= 15 is 0 Å². The fourth-order valence-corrected chi connectivity index (χ4v) is 3.61. The monoisotopic (exact) mass is 545 g/mol. The Labute approximate surface area is 200 Å². The van der Waals surface area contributed by atoms with Gasteiger partial charge in [-0.3, -0.25) is 4.99 Å². The third-order valence-electron chi connectivity index (χ3n) is 5.46. The van der Waals surface area contributed by atoms with Gasteiger partial charge in [-0.15, -0.1) is 24.0 Å². The van der Waals surface area contributed by atoms with E-state index < -0.39 is 0 Å². The van der Waals surface area contributed by atoms with Crippen LogP contribution in [0.1, 0.15) is 49.6 Å². The SMILES string of the molecule is CCC(CC)c1cc(CNC(=NC)NCc2ccc(N3CCOCC3)c(F)c2)on1.I. The number of morpholine rings is 1. The molecule has 0 unspecified atom stereocenters. The lowest BCUT2D eigenvalue weighted by Crippen LogP contribution is -2.37. The Kier molecular flexibility index (Phi) is 10.5.